The minimum atomic E-state index is -0.944. The number of nitrogens with zero attached hydrogens (tertiary/aromatic N) is 1. The second-order valence-electron chi connectivity index (χ2n) is 8.67. The number of carbonyl (C=O) groups is 1. The highest BCUT2D eigenvalue weighted by Gasteiger charge is 2.63. The van der Waals surface area contributed by atoms with Gasteiger partial charge in [-0.2, -0.15) is 0 Å². The van der Waals surface area contributed by atoms with Crippen molar-refractivity contribution in [2.75, 3.05) is 48.2 Å². The lowest BCUT2D eigenvalue weighted by Crippen LogP contribution is -2.64. The van der Waals surface area contributed by atoms with E-state index in [4.69, 9.17) is 28.4 Å². The van der Waals surface area contributed by atoms with Crippen LogP contribution in [0.4, 0.5) is 4.79 Å². The van der Waals surface area contributed by atoms with Gasteiger partial charge in [-0.15, -0.1) is 0 Å². The van der Waals surface area contributed by atoms with Crippen LogP contribution >= 0.6 is 0 Å². The van der Waals surface area contributed by atoms with Crippen LogP contribution in [0.5, 0.6) is 17.2 Å². The first-order valence-electron chi connectivity index (χ1n) is 11.0. The monoisotopic (exact) mass is 455 g/mol. The number of methoxy groups -OCH3 is 4. The van der Waals surface area contributed by atoms with E-state index in [0.717, 1.165) is 22.4 Å². The first kappa shape index (κ1) is 21.9. The van der Waals surface area contributed by atoms with E-state index in [1.54, 1.807) is 26.2 Å². The third-order valence-electron chi connectivity index (χ3n) is 7.18. The summed E-state index contributed by atoms with van der Waals surface area (Å²) >= 11 is 0. The quantitative estimate of drug-likeness (QED) is 0.701. The van der Waals surface area contributed by atoms with E-state index in [2.05, 4.69) is 6.07 Å². The molecule has 33 heavy (non-hydrogen) atoms. The van der Waals surface area contributed by atoms with Crippen LogP contribution in [0.25, 0.3) is 0 Å². The normalized spacial score (nSPS) is 24.8. The van der Waals surface area contributed by atoms with E-state index in [1.165, 1.54) is 7.11 Å². The molecular formula is C25H29NO7. The number of hydrogen-bond donors (Lipinski definition) is 0. The average molecular weight is 456 g/mol. The Balaban J connectivity index is 1.81. The fourth-order valence-corrected chi connectivity index (χ4v) is 5.91. The number of hydrogen-bond acceptors (Lipinski definition) is 7. The molecule has 1 spiro atoms. The van der Waals surface area contributed by atoms with Gasteiger partial charge in [0.15, 0.2) is 5.79 Å². The largest absolute Gasteiger partial charge is 0.497 e. The molecule has 2 fully saturated rings. The number of carbonyl (C=O) groups excluding carboxylic acids is 1. The van der Waals surface area contributed by atoms with E-state index < -0.39 is 17.3 Å². The molecule has 0 unspecified atom stereocenters. The van der Waals surface area contributed by atoms with E-state index in [0.29, 0.717) is 44.1 Å². The number of amides is 1. The molecule has 2 aliphatic heterocycles. The first-order chi connectivity index (χ1) is 16.0. The van der Waals surface area contributed by atoms with Crippen LogP contribution in [0.1, 0.15) is 23.1 Å². The zero-order valence-electron chi connectivity index (χ0n) is 19.4. The third-order valence-corrected chi connectivity index (χ3v) is 7.18. The summed E-state index contributed by atoms with van der Waals surface area (Å²) < 4.78 is 34.6. The smallest absolute Gasteiger partial charge is 0.409 e. The Labute approximate surface area is 193 Å². The molecule has 2 saturated heterocycles. The standard InChI is InChI=1S/C25H29NO7/c1-28-18-7-5-6-17(12-18)25-14-24(32-8-9-33-24)15-26(23(27)31-4)21(25)11-16-10-19(29-2)13-20(30-3)22(16)25/h5-7,10,12-13,21H,8-9,11,14-15H2,1-4H3/t21-,25+/m0/s1. The average Bonchev–Trinajstić information content (AvgIpc) is 3.45. The predicted octanol–water partition coefficient (Wildman–Crippen LogP) is 3.14. The number of ether oxygens (including phenoxy) is 6. The van der Waals surface area contributed by atoms with Crippen molar-refractivity contribution in [3.63, 3.8) is 0 Å². The summed E-state index contributed by atoms with van der Waals surface area (Å²) in [4.78, 5) is 14.8. The van der Waals surface area contributed by atoms with Gasteiger partial charge in [-0.25, -0.2) is 4.79 Å². The number of fused-ring (bicyclic) bond motifs is 3. The summed E-state index contributed by atoms with van der Waals surface area (Å²) in [7, 11) is 6.34. The molecule has 5 rings (SSSR count). The lowest BCUT2D eigenvalue weighted by atomic mass is 9.65. The van der Waals surface area contributed by atoms with Crippen LogP contribution in [0, 0.1) is 0 Å². The SMILES string of the molecule is COC(=O)N1CC2(C[C@]3(c4cccc(OC)c4)c4c(cc(OC)cc4OC)C[C@H]13)OCCO2. The maximum absolute atomic E-state index is 13.1. The Morgan fingerprint density at radius 2 is 1.76 bits per heavy atom. The molecule has 2 heterocycles. The fourth-order valence-electron chi connectivity index (χ4n) is 5.91. The van der Waals surface area contributed by atoms with E-state index >= 15 is 0 Å². The summed E-state index contributed by atoms with van der Waals surface area (Å²) in [6.07, 6.45) is 0.732. The van der Waals surface area contributed by atoms with Crippen molar-refractivity contribution < 1.29 is 33.2 Å². The lowest BCUT2D eigenvalue weighted by molar-refractivity contribution is -0.205. The van der Waals surface area contributed by atoms with Crippen LogP contribution in [-0.2, 0) is 26.0 Å². The Kier molecular flexibility index (Phi) is 5.37. The molecule has 0 bridgehead atoms. The van der Waals surface area contributed by atoms with Gasteiger partial charge >= 0.3 is 6.09 Å². The highest BCUT2D eigenvalue weighted by atomic mass is 16.7. The van der Waals surface area contributed by atoms with Crippen molar-refractivity contribution >= 4 is 6.09 Å². The molecular weight excluding hydrogens is 426 g/mol. The van der Waals surface area contributed by atoms with Crippen LogP contribution in [0.2, 0.25) is 0 Å². The van der Waals surface area contributed by atoms with Crippen molar-refractivity contribution in [2.45, 2.75) is 30.1 Å². The lowest BCUT2D eigenvalue weighted by Gasteiger charge is -2.52. The molecule has 8 heteroatoms. The minimum Gasteiger partial charge on any atom is -0.497 e. The van der Waals surface area contributed by atoms with Gasteiger partial charge < -0.3 is 28.4 Å². The first-order valence-corrected chi connectivity index (χ1v) is 11.0. The Hall–Kier alpha value is -2.97. The maximum atomic E-state index is 13.1. The molecule has 0 aromatic heterocycles. The van der Waals surface area contributed by atoms with Gasteiger partial charge in [0.25, 0.3) is 0 Å². The molecule has 2 atom stereocenters. The van der Waals surface area contributed by atoms with E-state index in [-0.39, 0.29) is 6.04 Å². The molecule has 176 valence electrons. The number of benzene rings is 2. The highest BCUT2D eigenvalue weighted by molar-refractivity contribution is 5.71. The van der Waals surface area contributed by atoms with Gasteiger partial charge in [-0.05, 0) is 35.7 Å². The minimum absolute atomic E-state index is 0.230. The molecule has 0 N–H and O–H groups in total. The number of piperidine rings is 1. The van der Waals surface area contributed by atoms with Crippen LogP contribution in [0.3, 0.4) is 0 Å². The summed E-state index contributed by atoms with van der Waals surface area (Å²) in [6, 6.07) is 11.7. The van der Waals surface area contributed by atoms with E-state index in [9.17, 15) is 4.79 Å². The molecule has 1 amide bonds. The topological polar surface area (TPSA) is 75.7 Å². The van der Waals surface area contributed by atoms with Crippen molar-refractivity contribution in [1.29, 1.82) is 0 Å². The number of likely N-dealkylation sites (tertiary alicyclic amines) is 1. The van der Waals surface area contributed by atoms with Crippen molar-refractivity contribution in [1.82, 2.24) is 4.90 Å². The molecule has 1 aliphatic carbocycles. The van der Waals surface area contributed by atoms with Crippen molar-refractivity contribution in [2.24, 2.45) is 0 Å². The van der Waals surface area contributed by atoms with Crippen LogP contribution in [0.15, 0.2) is 36.4 Å². The zero-order valence-corrected chi connectivity index (χ0v) is 19.4. The Bertz CT molecular complexity index is 1060. The maximum Gasteiger partial charge on any atom is 0.409 e. The molecule has 0 saturated carbocycles. The fraction of sp³-hybridized carbons (Fsp3) is 0.480. The molecule has 3 aliphatic rings. The van der Waals surface area contributed by atoms with Gasteiger partial charge in [0, 0.05) is 18.1 Å². The summed E-state index contributed by atoms with van der Waals surface area (Å²) in [5, 5.41) is 0. The van der Waals surface area contributed by atoms with Crippen LogP contribution in [-0.4, -0.2) is 71.0 Å². The van der Waals surface area contributed by atoms with Gasteiger partial charge in [0.1, 0.15) is 17.2 Å². The Morgan fingerprint density at radius 3 is 2.42 bits per heavy atom. The van der Waals surface area contributed by atoms with Gasteiger partial charge in [0.2, 0.25) is 0 Å². The molecule has 8 nitrogen and oxygen atoms in total. The van der Waals surface area contributed by atoms with E-state index in [1.807, 2.05) is 30.3 Å². The summed E-state index contributed by atoms with van der Waals surface area (Å²) in [6.45, 7) is 1.24. The van der Waals surface area contributed by atoms with Gasteiger partial charge in [-0.1, -0.05) is 12.1 Å². The van der Waals surface area contributed by atoms with Crippen molar-refractivity contribution in [3.8, 4) is 17.2 Å². The van der Waals surface area contributed by atoms with Gasteiger partial charge in [0.05, 0.1) is 59.7 Å². The van der Waals surface area contributed by atoms with Gasteiger partial charge in [-0.3, -0.25) is 4.90 Å². The highest BCUT2D eigenvalue weighted by Crippen LogP contribution is 2.58. The molecule has 2 aromatic carbocycles. The molecule has 2 aromatic rings. The zero-order chi connectivity index (χ0) is 23.2. The summed E-state index contributed by atoms with van der Waals surface area (Å²) in [5.41, 5.74) is 2.40. The van der Waals surface area contributed by atoms with Crippen LogP contribution < -0.4 is 14.2 Å². The third kappa shape index (κ3) is 3.23. The second kappa shape index (κ2) is 8.11. The number of rotatable bonds is 4. The predicted molar refractivity (Wildman–Crippen MR) is 119 cm³/mol. The summed E-state index contributed by atoms with van der Waals surface area (Å²) in [5.74, 6) is 1.20. The van der Waals surface area contributed by atoms with Crippen molar-refractivity contribution in [3.05, 3.63) is 53.1 Å². The Morgan fingerprint density at radius 1 is 1.00 bits per heavy atom. The molecule has 0 radical (unpaired) electrons. The second-order valence-corrected chi connectivity index (χ2v) is 8.67.